The van der Waals surface area contributed by atoms with Gasteiger partial charge in [-0.25, -0.2) is 4.79 Å². The van der Waals surface area contributed by atoms with Crippen LogP contribution in [0.2, 0.25) is 0 Å². The van der Waals surface area contributed by atoms with Crippen molar-refractivity contribution in [2.75, 3.05) is 11.9 Å². The summed E-state index contributed by atoms with van der Waals surface area (Å²) in [6, 6.07) is 0. The molecule has 1 aliphatic heterocycles. The van der Waals surface area contributed by atoms with E-state index in [1.165, 1.54) is 19.1 Å². The summed E-state index contributed by atoms with van der Waals surface area (Å²) >= 11 is 0. The predicted molar refractivity (Wildman–Crippen MR) is 51.3 cm³/mol. The van der Waals surface area contributed by atoms with Gasteiger partial charge in [-0.15, -0.1) is 0 Å². The molecule has 1 aromatic heterocycles. The highest BCUT2D eigenvalue weighted by Gasteiger charge is 2.37. The second-order valence-corrected chi connectivity index (χ2v) is 3.98. The standard InChI is InChI=1S/C10H11NO4/c12-10(13)9-8-7(4-14-9)15-6(3-11-8)5-1-2-5/h4-6,11H,1-3H2,(H,12,13). The molecule has 0 saturated heterocycles. The van der Waals surface area contributed by atoms with Gasteiger partial charge in [0, 0.05) is 0 Å². The van der Waals surface area contributed by atoms with Crippen molar-refractivity contribution < 1.29 is 19.1 Å². The minimum atomic E-state index is -1.07. The quantitative estimate of drug-likeness (QED) is 0.773. The maximum absolute atomic E-state index is 10.8. The van der Waals surface area contributed by atoms with E-state index in [4.69, 9.17) is 14.3 Å². The fraction of sp³-hybridized carbons (Fsp3) is 0.500. The average Bonchev–Trinajstić information content (AvgIpc) is 2.97. The molecular weight excluding hydrogens is 198 g/mol. The molecule has 0 spiro atoms. The van der Waals surface area contributed by atoms with Crippen molar-refractivity contribution >= 4 is 11.7 Å². The van der Waals surface area contributed by atoms with Crippen molar-refractivity contribution in [2.24, 2.45) is 5.92 Å². The summed E-state index contributed by atoms with van der Waals surface area (Å²) in [5.74, 6) is 0.000784. The summed E-state index contributed by atoms with van der Waals surface area (Å²) in [7, 11) is 0. The second kappa shape index (κ2) is 2.92. The van der Waals surface area contributed by atoms with Crippen molar-refractivity contribution in [2.45, 2.75) is 18.9 Å². The molecule has 1 saturated carbocycles. The fourth-order valence-electron chi connectivity index (χ4n) is 1.89. The molecule has 0 bridgehead atoms. The molecule has 1 aromatic rings. The number of carbonyl (C=O) groups is 1. The highest BCUT2D eigenvalue weighted by Crippen LogP contribution is 2.41. The molecule has 0 radical (unpaired) electrons. The Morgan fingerprint density at radius 1 is 1.53 bits per heavy atom. The van der Waals surface area contributed by atoms with E-state index in [9.17, 15) is 4.79 Å². The first-order valence-electron chi connectivity index (χ1n) is 5.01. The number of anilines is 1. The monoisotopic (exact) mass is 209 g/mol. The van der Waals surface area contributed by atoms with E-state index in [1.807, 2.05) is 0 Å². The molecule has 80 valence electrons. The van der Waals surface area contributed by atoms with Gasteiger partial charge in [0.1, 0.15) is 18.1 Å². The largest absolute Gasteiger partial charge is 0.483 e. The number of hydrogen-bond acceptors (Lipinski definition) is 4. The maximum atomic E-state index is 10.8. The normalized spacial score (nSPS) is 23.9. The van der Waals surface area contributed by atoms with Gasteiger partial charge in [-0.2, -0.15) is 0 Å². The molecule has 5 nitrogen and oxygen atoms in total. The minimum absolute atomic E-state index is 0.0701. The molecule has 1 unspecified atom stereocenters. The van der Waals surface area contributed by atoms with Crippen LogP contribution >= 0.6 is 0 Å². The summed E-state index contributed by atoms with van der Waals surface area (Å²) in [6.07, 6.45) is 3.92. The van der Waals surface area contributed by atoms with E-state index in [2.05, 4.69) is 5.32 Å². The number of nitrogens with one attached hydrogen (secondary N) is 1. The van der Waals surface area contributed by atoms with Gasteiger partial charge >= 0.3 is 5.97 Å². The van der Waals surface area contributed by atoms with Crippen molar-refractivity contribution in [3.05, 3.63) is 12.0 Å². The van der Waals surface area contributed by atoms with Crippen LogP contribution in [0.5, 0.6) is 5.75 Å². The minimum Gasteiger partial charge on any atom is -0.483 e. The van der Waals surface area contributed by atoms with Crippen molar-refractivity contribution in [1.29, 1.82) is 0 Å². The van der Waals surface area contributed by atoms with Crippen molar-refractivity contribution in [3.8, 4) is 5.75 Å². The highest BCUT2D eigenvalue weighted by molar-refractivity contribution is 5.93. The summed E-state index contributed by atoms with van der Waals surface area (Å²) in [6.45, 7) is 0.664. The van der Waals surface area contributed by atoms with Crippen molar-refractivity contribution in [3.63, 3.8) is 0 Å². The molecule has 1 atom stereocenters. The maximum Gasteiger partial charge on any atom is 0.374 e. The number of carboxylic acid groups (broad SMARTS) is 1. The van der Waals surface area contributed by atoms with Crippen LogP contribution in [0.3, 0.4) is 0 Å². The van der Waals surface area contributed by atoms with Crippen LogP contribution in [-0.4, -0.2) is 23.7 Å². The van der Waals surface area contributed by atoms with E-state index in [0.717, 1.165) is 0 Å². The van der Waals surface area contributed by atoms with Crippen LogP contribution in [0.4, 0.5) is 5.69 Å². The Morgan fingerprint density at radius 3 is 3.00 bits per heavy atom. The molecule has 2 N–H and O–H groups in total. The average molecular weight is 209 g/mol. The third-order valence-corrected chi connectivity index (χ3v) is 2.86. The van der Waals surface area contributed by atoms with E-state index >= 15 is 0 Å². The lowest BCUT2D eigenvalue weighted by Gasteiger charge is -2.24. The number of hydrogen-bond donors (Lipinski definition) is 2. The topological polar surface area (TPSA) is 71.7 Å². The van der Waals surface area contributed by atoms with Gasteiger partial charge in [0.25, 0.3) is 0 Å². The SMILES string of the molecule is O=C(O)c1occ2c1NCC(C1CC1)O2. The van der Waals surface area contributed by atoms with Crippen LogP contribution in [0.15, 0.2) is 10.7 Å². The molecule has 5 heteroatoms. The summed E-state index contributed by atoms with van der Waals surface area (Å²) in [5, 5.41) is 11.9. The smallest absolute Gasteiger partial charge is 0.374 e. The highest BCUT2D eigenvalue weighted by atomic mass is 16.5. The molecule has 2 aliphatic rings. The van der Waals surface area contributed by atoms with Crippen LogP contribution < -0.4 is 10.1 Å². The lowest BCUT2D eigenvalue weighted by molar-refractivity contribution is 0.0663. The van der Waals surface area contributed by atoms with Crippen LogP contribution in [-0.2, 0) is 0 Å². The van der Waals surface area contributed by atoms with Gasteiger partial charge in [-0.1, -0.05) is 0 Å². The number of ether oxygens (including phenoxy) is 1. The third-order valence-electron chi connectivity index (χ3n) is 2.86. The fourth-order valence-corrected chi connectivity index (χ4v) is 1.89. The van der Waals surface area contributed by atoms with Gasteiger partial charge < -0.3 is 19.6 Å². The molecule has 2 heterocycles. The van der Waals surface area contributed by atoms with Crippen molar-refractivity contribution in [1.82, 2.24) is 0 Å². The van der Waals surface area contributed by atoms with Gasteiger partial charge in [-0.3, -0.25) is 0 Å². The first-order valence-corrected chi connectivity index (χ1v) is 5.01. The predicted octanol–water partition coefficient (Wildman–Crippen LogP) is 1.56. The first kappa shape index (κ1) is 8.64. The molecule has 0 aromatic carbocycles. The first-order chi connectivity index (χ1) is 7.25. The molecule has 1 aliphatic carbocycles. The number of carboxylic acids is 1. The molecule has 15 heavy (non-hydrogen) atoms. The van der Waals surface area contributed by atoms with E-state index in [0.29, 0.717) is 23.9 Å². The Labute approximate surface area is 86.0 Å². The third kappa shape index (κ3) is 1.35. The number of furan rings is 1. The van der Waals surface area contributed by atoms with Gasteiger partial charge in [0.05, 0.1) is 6.54 Å². The Morgan fingerprint density at radius 2 is 2.33 bits per heavy atom. The Balaban J connectivity index is 1.87. The van der Waals surface area contributed by atoms with Gasteiger partial charge in [-0.05, 0) is 18.8 Å². The van der Waals surface area contributed by atoms with Crippen LogP contribution in [0.25, 0.3) is 0 Å². The zero-order valence-corrected chi connectivity index (χ0v) is 8.03. The van der Waals surface area contributed by atoms with E-state index in [1.54, 1.807) is 0 Å². The number of rotatable bonds is 2. The Hall–Kier alpha value is -1.65. The summed E-state index contributed by atoms with van der Waals surface area (Å²) in [4.78, 5) is 10.8. The van der Waals surface area contributed by atoms with Gasteiger partial charge in [0.15, 0.2) is 5.75 Å². The zero-order valence-electron chi connectivity index (χ0n) is 8.03. The number of fused-ring (bicyclic) bond motifs is 1. The summed E-state index contributed by atoms with van der Waals surface area (Å²) in [5.41, 5.74) is 0.472. The second-order valence-electron chi connectivity index (χ2n) is 3.98. The molecular formula is C10H11NO4. The van der Waals surface area contributed by atoms with Gasteiger partial charge in [0.2, 0.25) is 5.76 Å². The molecule has 1 fully saturated rings. The Kier molecular flexibility index (Phi) is 1.68. The number of aromatic carboxylic acids is 1. The van der Waals surface area contributed by atoms with Crippen LogP contribution in [0.1, 0.15) is 23.4 Å². The summed E-state index contributed by atoms with van der Waals surface area (Å²) < 4.78 is 10.6. The lowest BCUT2D eigenvalue weighted by atomic mass is 10.2. The lowest BCUT2D eigenvalue weighted by Crippen LogP contribution is -2.32. The Bertz CT molecular complexity index is 408. The van der Waals surface area contributed by atoms with Crippen LogP contribution in [0, 0.1) is 5.92 Å². The molecule has 3 rings (SSSR count). The molecule has 0 amide bonds. The van der Waals surface area contributed by atoms with E-state index < -0.39 is 5.97 Å². The zero-order chi connectivity index (χ0) is 10.4. The van der Waals surface area contributed by atoms with E-state index in [-0.39, 0.29) is 11.9 Å².